The van der Waals surface area contributed by atoms with E-state index in [1.165, 1.54) is 25.7 Å². The molecule has 1 aromatic rings. The molecular formula is C13H18BrNO. The van der Waals surface area contributed by atoms with Gasteiger partial charge in [0.15, 0.2) is 0 Å². The van der Waals surface area contributed by atoms with Crippen LogP contribution in [-0.2, 0) is 6.61 Å². The summed E-state index contributed by atoms with van der Waals surface area (Å²) in [4.78, 5) is 2.32. The highest BCUT2D eigenvalue weighted by molar-refractivity contribution is 9.10. The minimum absolute atomic E-state index is 0.111. The number of benzene rings is 1. The van der Waals surface area contributed by atoms with Gasteiger partial charge in [0.05, 0.1) is 6.61 Å². The van der Waals surface area contributed by atoms with Crippen molar-refractivity contribution in [1.82, 2.24) is 0 Å². The summed E-state index contributed by atoms with van der Waals surface area (Å²) in [5, 5.41) is 9.36. The Morgan fingerprint density at radius 3 is 2.69 bits per heavy atom. The summed E-state index contributed by atoms with van der Waals surface area (Å²) in [6.45, 7) is 0.111. The molecule has 0 aliphatic heterocycles. The standard InChI is InChI=1S/C13H18BrNO/c1-15(12-4-2-3-5-12)13-8-11(14)7-6-10(13)9-16/h6-8,12,16H,2-5,9H2,1H3. The molecule has 0 saturated heterocycles. The van der Waals surface area contributed by atoms with Crippen molar-refractivity contribution in [2.45, 2.75) is 38.3 Å². The highest BCUT2D eigenvalue weighted by Gasteiger charge is 2.21. The van der Waals surface area contributed by atoms with Crippen LogP contribution in [0.4, 0.5) is 5.69 Å². The Kier molecular flexibility index (Phi) is 3.87. The van der Waals surface area contributed by atoms with Crippen LogP contribution in [0, 0.1) is 0 Å². The molecule has 0 spiro atoms. The van der Waals surface area contributed by atoms with Gasteiger partial charge < -0.3 is 10.0 Å². The second-order valence-electron chi connectivity index (χ2n) is 4.48. The second kappa shape index (κ2) is 5.19. The molecule has 0 atom stereocenters. The molecule has 0 aromatic heterocycles. The van der Waals surface area contributed by atoms with Gasteiger partial charge in [-0.25, -0.2) is 0 Å². The summed E-state index contributed by atoms with van der Waals surface area (Å²) in [5.41, 5.74) is 2.17. The van der Waals surface area contributed by atoms with Gasteiger partial charge in [-0.3, -0.25) is 0 Å². The molecule has 88 valence electrons. The number of hydrogen-bond acceptors (Lipinski definition) is 2. The third kappa shape index (κ3) is 2.41. The molecule has 0 bridgehead atoms. The van der Waals surface area contributed by atoms with Crippen molar-refractivity contribution in [3.8, 4) is 0 Å². The van der Waals surface area contributed by atoms with Crippen LogP contribution in [0.15, 0.2) is 22.7 Å². The molecule has 2 rings (SSSR count). The van der Waals surface area contributed by atoms with E-state index in [2.05, 4.69) is 33.9 Å². The molecule has 1 aromatic carbocycles. The molecule has 0 unspecified atom stereocenters. The summed E-state index contributed by atoms with van der Waals surface area (Å²) in [7, 11) is 2.14. The highest BCUT2D eigenvalue weighted by Crippen LogP contribution is 2.31. The van der Waals surface area contributed by atoms with Crippen LogP contribution in [-0.4, -0.2) is 18.2 Å². The van der Waals surface area contributed by atoms with E-state index in [9.17, 15) is 5.11 Å². The maximum Gasteiger partial charge on any atom is 0.0702 e. The van der Waals surface area contributed by atoms with Crippen LogP contribution in [0.25, 0.3) is 0 Å². The van der Waals surface area contributed by atoms with Crippen molar-refractivity contribution >= 4 is 21.6 Å². The van der Waals surface area contributed by atoms with Gasteiger partial charge in [-0.1, -0.05) is 34.8 Å². The Morgan fingerprint density at radius 2 is 2.06 bits per heavy atom. The van der Waals surface area contributed by atoms with Gasteiger partial charge in [0.2, 0.25) is 0 Å². The molecule has 16 heavy (non-hydrogen) atoms. The minimum atomic E-state index is 0.111. The van der Waals surface area contributed by atoms with Crippen molar-refractivity contribution in [2.75, 3.05) is 11.9 Å². The molecule has 1 N–H and O–H groups in total. The van der Waals surface area contributed by atoms with Gasteiger partial charge >= 0.3 is 0 Å². The molecule has 1 fully saturated rings. The number of anilines is 1. The van der Waals surface area contributed by atoms with Crippen molar-refractivity contribution in [1.29, 1.82) is 0 Å². The van der Waals surface area contributed by atoms with Gasteiger partial charge in [0, 0.05) is 28.8 Å². The zero-order valence-electron chi connectivity index (χ0n) is 9.62. The van der Waals surface area contributed by atoms with Gasteiger partial charge in [-0.2, -0.15) is 0 Å². The number of rotatable bonds is 3. The van der Waals surface area contributed by atoms with Gasteiger partial charge in [-0.15, -0.1) is 0 Å². The van der Waals surface area contributed by atoms with Gasteiger partial charge in [-0.05, 0) is 25.0 Å². The zero-order valence-corrected chi connectivity index (χ0v) is 11.2. The number of aliphatic hydroxyl groups is 1. The SMILES string of the molecule is CN(c1cc(Br)ccc1CO)C1CCCC1. The summed E-state index contributed by atoms with van der Waals surface area (Å²) in [5.74, 6) is 0. The summed E-state index contributed by atoms with van der Waals surface area (Å²) in [6.07, 6.45) is 5.21. The molecule has 0 amide bonds. The second-order valence-corrected chi connectivity index (χ2v) is 5.40. The molecule has 1 aliphatic rings. The lowest BCUT2D eigenvalue weighted by molar-refractivity contribution is 0.282. The van der Waals surface area contributed by atoms with Gasteiger partial charge in [0.1, 0.15) is 0 Å². The Labute approximate surface area is 105 Å². The number of nitrogens with zero attached hydrogens (tertiary/aromatic N) is 1. The number of halogens is 1. The van der Waals surface area contributed by atoms with E-state index in [-0.39, 0.29) is 6.61 Å². The van der Waals surface area contributed by atoms with E-state index in [1.54, 1.807) is 0 Å². The molecule has 0 heterocycles. The van der Waals surface area contributed by atoms with Crippen LogP contribution in [0.2, 0.25) is 0 Å². The molecule has 1 aliphatic carbocycles. The van der Waals surface area contributed by atoms with Crippen LogP contribution in [0.1, 0.15) is 31.2 Å². The van der Waals surface area contributed by atoms with Crippen LogP contribution in [0.3, 0.4) is 0 Å². The number of hydrogen-bond donors (Lipinski definition) is 1. The lowest BCUT2D eigenvalue weighted by Gasteiger charge is -2.28. The van der Waals surface area contributed by atoms with Gasteiger partial charge in [0.25, 0.3) is 0 Å². The monoisotopic (exact) mass is 283 g/mol. The molecule has 0 radical (unpaired) electrons. The van der Waals surface area contributed by atoms with E-state index >= 15 is 0 Å². The zero-order chi connectivity index (χ0) is 11.5. The van der Waals surface area contributed by atoms with Crippen LogP contribution in [0.5, 0.6) is 0 Å². The molecular weight excluding hydrogens is 266 g/mol. The largest absolute Gasteiger partial charge is 0.392 e. The predicted molar refractivity (Wildman–Crippen MR) is 70.7 cm³/mol. The van der Waals surface area contributed by atoms with Crippen molar-refractivity contribution in [3.63, 3.8) is 0 Å². The van der Waals surface area contributed by atoms with E-state index in [0.717, 1.165) is 15.7 Å². The fourth-order valence-electron chi connectivity index (χ4n) is 2.49. The highest BCUT2D eigenvalue weighted by atomic mass is 79.9. The smallest absolute Gasteiger partial charge is 0.0702 e. The first-order chi connectivity index (χ1) is 7.72. The topological polar surface area (TPSA) is 23.5 Å². The molecule has 3 heteroatoms. The maximum absolute atomic E-state index is 9.36. The fraction of sp³-hybridized carbons (Fsp3) is 0.538. The first kappa shape index (κ1) is 11.9. The van der Waals surface area contributed by atoms with Crippen molar-refractivity contribution in [3.05, 3.63) is 28.2 Å². The van der Waals surface area contributed by atoms with E-state index in [0.29, 0.717) is 6.04 Å². The number of aliphatic hydroxyl groups excluding tert-OH is 1. The van der Waals surface area contributed by atoms with Crippen molar-refractivity contribution < 1.29 is 5.11 Å². The summed E-state index contributed by atoms with van der Waals surface area (Å²) in [6, 6.07) is 6.71. The minimum Gasteiger partial charge on any atom is -0.392 e. The fourth-order valence-corrected chi connectivity index (χ4v) is 2.84. The Bertz CT molecular complexity index is 361. The van der Waals surface area contributed by atoms with Crippen molar-refractivity contribution in [2.24, 2.45) is 0 Å². The van der Waals surface area contributed by atoms with E-state index < -0.39 is 0 Å². The predicted octanol–water partition coefficient (Wildman–Crippen LogP) is 3.32. The van der Waals surface area contributed by atoms with Crippen LogP contribution >= 0.6 is 15.9 Å². The lowest BCUT2D eigenvalue weighted by atomic mass is 10.1. The Morgan fingerprint density at radius 1 is 1.38 bits per heavy atom. The normalized spacial score (nSPS) is 16.7. The molecule has 1 saturated carbocycles. The summed E-state index contributed by atoms with van der Waals surface area (Å²) >= 11 is 3.49. The first-order valence-electron chi connectivity index (χ1n) is 5.84. The van der Waals surface area contributed by atoms with E-state index in [1.807, 2.05) is 12.1 Å². The average Bonchev–Trinajstić information content (AvgIpc) is 2.81. The summed E-state index contributed by atoms with van der Waals surface area (Å²) < 4.78 is 1.07. The maximum atomic E-state index is 9.36. The molecule has 2 nitrogen and oxygen atoms in total. The van der Waals surface area contributed by atoms with E-state index in [4.69, 9.17) is 0 Å². The Hall–Kier alpha value is -0.540. The first-order valence-corrected chi connectivity index (χ1v) is 6.64. The third-order valence-electron chi connectivity index (χ3n) is 3.47. The Balaban J connectivity index is 2.26. The lowest BCUT2D eigenvalue weighted by Crippen LogP contribution is -2.29. The van der Waals surface area contributed by atoms with Crippen LogP contribution < -0.4 is 4.90 Å². The third-order valence-corrected chi connectivity index (χ3v) is 3.96. The average molecular weight is 284 g/mol. The quantitative estimate of drug-likeness (QED) is 0.920.